The van der Waals surface area contributed by atoms with Gasteiger partial charge in [-0.05, 0) is 55.0 Å². The van der Waals surface area contributed by atoms with E-state index >= 15 is 0 Å². The molecule has 3 aromatic rings. The maximum atomic E-state index is 13.0. The van der Waals surface area contributed by atoms with Crippen LogP contribution in [0, 0.1) is 0 Å². The summed E-state index contributed by atoms with van der Waals surface area (Å²) < 4.78 is 39.1. The van der Waals surface area contributed by atoms with E-state index in [-0.39, 0.29) is 35.2 Å². The summed E-state index contributed by atoms with van der Waals surface area (Å²) in [6.07, 6.45) is 0.149. The molecule has 184 valence electrons. The van der Waals surface area contributed by atoms with Crippen LogP contribution in [0.5, 0.6) is 11.5 Å². The molecule has 3 N–H and O–H groups in total. The second-order valence-electron chi connectivity index (χ2n) is 7.42. The summed E-state index contributed by atoms with van der Waals surface area (Å²) in [6, 6.07) is 19.9. The van der Waals surface area contributed by atoms with Crippen LogP contribution in [-0.2, 0) is 26.0 Å². The molecule has 0 aliphatic heterocycles. The number of anilines is 2. The van der Waals surface area contributed by atoms with E-state index in [1.807, 2.05) is 37.3 Å². The largest absolute Gasteiger partial charge is 0.495 e. The number of sulfonamides is 1. The van der Waals surface area contributed by atoms with Gasteiger partial charge in [0.15, 0.2) is 0 Å². The van der Waals surface area contributed by atoms with Crippen molar-refractivity contribution in [3.8, 4) is 11.5 Å². The number of methoxy groups -OCH3 is 1. The highest BCUT2D eigenvalue weighted by Gasteiger charge is 2.21. The lowest BCUT2D eigenvalue weighted by molar-refractivity contribution is -0.123. The van der Waals surface area contributed by atoms with E-state index < -0.39 is 15.9 Å². The minimum absolute atomic E-state index is 0.109. The minimum Gasteiger partial charge on any atom is -0.495 e. The number of amides is 2. The van der Waals surface area contributed by atoms with Crippen LogP contribution >= 0.6 is 0 Å². The van der Waals surface area contributed by atoms with Gasteiger partial charge in [0.05, 0.1) is 26.7 Å². The fraction of sp³-hybridized carbons (Fsp3) is 0.200. The summed E-state index contributed by atoms with van der Waals surface area (Å²) in [5.74, 6) is -0.0745. The zero-order valence-electron chi connectivity index (χ0n) is 19.4. The Labute approximate surface area is 204 Å². The average Bonchev–Trinajstić information content (AvgIpc) is 2.84. The summed E-state index contributed by atoms with van der Waals surface area (Å²) in [6.45, 7) is 2.09. The molecule has 0 heterocycles. The molecule has 0 fully saturated rings. The Hall–Kier alpha value is -4.05. The predicted octanol–water partition coefficient (Wildman–Crippen LogP) is 3.19. The second-order valence-corrected chi connectivity index (χ2v) is 9.07. The Morgan fingerprint density at radius 2 is 1.57 bits per heavy atom. The Morgan fingerprint density at radius 3 is 2.23 bits per heavy atom. The van der Waals surface area contributed by atoms with E-state index in [2.05, 4.69) is 15.4 Å². The highest BCUT2D eigenvalue weighted by molar-refractivity contribution is 7.92. The summed E-state index contributed by atoms with van der Waals surface area (Å²) in [5, 5.41) is 5.14. The SMILES string of the molecule is CCOc1ccc(NS(=O)(=O)c2cc(NC(=O)CNC(=O)Cc3ccccc3)ccc2OC)cc1. The van der Waals surface area contributed by atoms with Gasteiger partial charge in [-0.2, -0.15) is 0 Å². The molecule has 0 aliphatic rings. The molecule has 0 aromatic heterocycles. The summed E-state index contributed by atoms with van der Waals surface area (Å²) in [7, 11) is -2.68. The van der Waals surface area contributed by atoms with Crippen molar-refractivity contribution >= 4 is 33.2 Å². The number of hydrogen-bond acceptors (Lipinski definition) is 6. The van der Waals surface area contributed by atoms with Gasteiger partial charge in [0.1, 0.15) is 16.4 Å². The third-order valence-electron chi connectivity index (χ3n) is 4.81. The number of carbonyl (C=O) groups excluding carboxylic acids is 2. The Bertz CT molecular complexity index is 1260. The van der Waals surface area contributed by atoms with Crippen LogP contribution in [0.15, 0.2) is 77.7 Å². The summed E-state index contributed by atoms with van der Waals surface area (Å²) in [5.41, 5.74) is 1.40. The van der Waals surface area contributed by atoms with E-state index in [9.17, 15) is 18.0 Å². The standard InChI is InChI=1S/C25H27N3O6S/c1-3-34-21-12-9-19(10-13-21)28-35(31,32)23-16-20(11-14-22(23)33-2)27-25(30)17-26-24(29)15-18-7-5-4-6-8-18/h4-14,16,28H,3,15,17H2,1-2H3,(H,26,29)(H,27,30). The second kappa shape index (κ2) is 11.9. The van der Waals surface area contributed by atoms with E-state index in [1.165, 1.54) is 25.3 Å². The molecule has 0 saturated heterocycles. The third-order valence-corrected chi connectivity index (χ3v) is 6.21. The Kier molecular flexibility index (Phi) is 8.69. The van der Waals surface area contributed by atoms with Gasteiger partial charge in [-0.25, -0.2) is 8.42 Å². The lowest BCUT2D eigenvalue weighted by Gasteiger charge is -2.14. The molecular formula is C25H27N3O6S. The van der Waals surface area contributed by atoms with Crippen molar-refractivity contribution in [1.82, 2.24) is 5.32 Å². The van der Waals surface area contributed by atoms with E-state index in [1.54, 1.807) is 24.3 Å². The zero-order valence-corrected chi connectivity index (χ0v) is 20.2. The van der Waals surface area contributed by atoms with Crippen molar-refractivity contribution in [2.45, 2.75) is 18.2 Å². The Morgan fingerprint density at radius 1 is 0.886 bits per heavy atom. The first-order chi connectivity index (χ1) is 16.8. The van der Waals surface area contributed by atoms with Crippen molar-refractivity contribution in [2.75, 3.05) is 30.3 Å². The van der Waals surface area contributed by atoms with Gasteiger partial charge in [-0.1, -0.05) is 30.3 Å². The molecule has 0 spiro atoms. The van der Waals surface area contributed by atoms with E-state index in [0.717, 1.165) is 5.56 Å². The highest BCUT2D eigenvalue weighted by atomic mass is 32.2. The number of benzene rings is 3. The van der Waals surface area contributed by atoms with Crippen molar-refractivity contribution in [2.24, 2.45) is 0 Å². The highest BCUT2D eigenvalue weighted by Crippen LogP contribution is 2.29. The first-order valence-corrected chi connectivity index (χ1v) is 12.3. The Balaban J connectivity index is 1.65. The number of carbonyl (C=O) groups is 2. The first-order valence-electron chi connectivity index (χ1n) is 10.8. The quantitative estimate of drug-likeness (QED) is 0.374. The smallest absolute Gasteiger partial charge is 0.265 e. The molecular weight excluding hydrogens is 470 g/mol. The van der Waals surface area contributed by atoms with Crippen LogP contribution in [0.2, 0.25) is 0 Å². The van der Waals surface area contributed by atoms with Gasteiger partial charge in [0.2, 0.25) is 11.8 Å². The molecule has 9 nitrogen and oxygen atoms in total. The molecule has 0 radical (unpaired) electrons. The van der Waals surface area contributed by atoms with Crippen LogP contribution < -0.4 is 24.8 Å². The summed E-state index contributed by atoms with van der Waals surface area (Å²) >= 11 is 0. The van der Waals surface area contributed by atoms with Crippen molar-refractivity contribution < 1.29 is 27.5 Å². The molecule has 0 atom stereocenters. The number of hydrogen-bond donors (Lipinski definition) is 3. The lowest BCUT2D eigenvalue weighted by Crippen LogP contribution is -2.33. The van der Waals surface area contributed by atoms with Crippen molar-refractivity contribution in [3.63, 3.8) is 0 Å². The van der Waals surface area contributed by atoms with Gasteiger partial charge < -0.3 is 20.1 Å². The maximum Gasteiger partial charge on any atom is 0.265 e. The van der Waals surface area contributed by atoms with Crippen LogP contribution in [0.3, 0.4) is 0 Å². The van der Waals surface area contributed by atoms with Gasteiger partial charge in [-0.15, -0.1) is 0 Å². The molecule has 3 aromatic carbocycles. The molecule has 0 bridgehead atoms. The average molecular weight is 498 g/mol. The fourth-order valence-electron chi connectivity index (χ4n) is 3.19. The molecule has 10 heteroatoms. The number of ether oxygens (including phenoxy) is 2. The topological polar surface area (TPSA) is 123 Å². The van der Waals surface area contributed by atoms with Crippen molar-refractivity contribution in [3.05, 3.63) is 78.4 Å². The first kappa shape index (κ1) is 25.6. The summed E-state index contributed by atoms with van der Waals surface area (Å²) in [4.78, 5) is 24.2. The zero-order chi connectivity index (χ0) is 25.3. The van der Waals surface area contributed by atoms with Gasteiger partial charge in [-0.3, -0.25) is 14.3 Å². The van der Waals surface area contributed by atoms with E-state index in [0.29, 0.717) is 18.0 Å². The monoisotopic (exact) mass is 497 g/mol. The lowest BCUT2D eigenvalue weighted by atomic mass is 10.1. The van der Waals surface area contributed by atoms with Crippen LogP contribution in [0.25, 0.3) is 0 Å². The maximum absolute atomic E-state index is 13.0. The molecule has 0 unspecified atom stereocenters. The number of nitrogens with one attached hydrogen (secondary N) is 3. The van der Waals surface area contributed by atoms with Gasteiger partial charge >= 0.3 is 0 Å². The van der Waals surface area contributed by atoms with E-state index in [4.69, 9.17) is 9.47 Å². The molecule has 3 rings (SSSR count). The van der Waals surface area contributed by atoms with Crippen LogP contribution in [-0.4, -0.2) is 40.5 Å². The fourth-order valence-corrected chi connectivity index (χ4v) is 4.44. The molecule has 35 heavy (non-hydrogen) atoms. The molecule has 2 amide bonds. The normalized spacial score (nSPS) is 10.8. The van der Waals surface area contributed by atoms with Gasteiger partial charge in [0.25, 0.3) is 10.0 Å². The predicted molar refractivity (Wildman–Crippen MR) is 133 cm³/mol. The van der Waals surface area contributed by atoms with Crippen LogP contribution in [0.1, 0.15) is 12.5 Å². The van der Waals surface area contributed by atoms with Crippen LogP contribution in [0.4, 0.5) is 11.4 Å². The third kappa shape index (κ3) is 7.47. The number of rotatable bonds is 11. The van der Waals surface area contributed by atoms with Crippen molar-refractivity contribution in [1.29, 1.82) is 0 Å². The molecule has 0 saturated carbocycles. The van der Waals surface area contributed by atoms with Gasteiger partial charge in [0, 0.05) is 11.4 Å². The minimum atomic E-state index is -4.04. The molecule has 0 aliphatic carbocycles.